The molecule has 0 aliphatic rings. The average Bonchev–Trinajstić information content (AvgIpc) is 2.99. The summed E-state index contributed by atoms with van der Waals surface area (Å²) >= 11 is 0. The number of hydrogen-bond donors (Lipinski definition) is 0. The lowest BCUT2D eigenvalue weighted by atomic mass is 9.98. The molecule has 3 aromatic heterocycles. The van der Waals surface area contributed by atoms with E-state index >= 15 is 0 Å². The number of rotatable bonds is 6. The summed E-state index contributed by atoms with van der Waals surface area (Å²) in [5, 5.41) is 4.12. The fourth-order valence-corrected chi connectivity index (χ4v) is 5.42. The molecule has 0 bridgehead atoms. The molecule has 6 nitrogen and oxygen atoms in total. The Morgan fingerprint density at radius 1 is 0.641 bits per heavy atom. The molecular formula is C33H29N2O4+. The number of nitrogens with zero attached hydrogens (tertiary/aromatic N) is 2. The zero-order chi connectivity index (χ0) is 27.1. The van der Waals surface area contributed by atoms with Crippen molar-refractivity contribution in [3.63, 3.8) is 0 Å². The molecule has 6 heteroatoms. The van der Waals surface area contributed by atoms with E-state index in [9.17, 15) is 0 Å². The molecule has 0 aliphatic carbocycles. The summed E-state index contributed by atoms with van der Waals surface area (Å²) in [6.45, 7) is 2.11. The van der Waals surface area contributed by atoms with Crippen LogP contribution in [-0.2, 0) is 0 Å². The molecular weight excluding hydrogens is 488 g/mol. The SMILES string of the molecule is COc1cc2cc3c4cc(-c5cc(-c6ccccc6)ccn5)c(OC)c(OC)c4cc[n+]3c(C)c2cc1OC. The zero-order valence-electron chi connectivity index (χ0n) is 22.6. The molecule has 194 valence electrons. The molecule has 0 unspecified atom stereocenters. The number of fused-ring (bicyclic) bond motifs is 4. The molecule has 0 radical (unpaired) electrons. The third-order valence-corrected chi connectivity index (χ3v) is 7.35. The topological polar surface area (TPSA) is 53.9 Å². The van der Waals surface area contributed by atoms with E-state index in [1.807, 2.05) is 42.6 Å². The summed E-state index contributed by atoms with van der Waals surface area (Å²) in [4.78, 5) is 4.74. The van der Waals surface area contributed by atoms with Crippen molar-refractivity contribution in [1.82, 2.24) is 4.98 Å². The highest BCUT2D eigenvalue weighted by Crippen LogP contribution is 2.45. The Kier molecular flexibility index (Phi) is 6.15. The maximum absolute atomic E-state index is 5.96. The lowest BCUT2D eigenvalue weighted by Gasteiger charge is -2.16. The predicted octanol–water partition coefficient (Wildman–Crippen LogP) is 6.80. The van der Waals surface area contributed by atoms with Crippen LogP contribution in [0.3, 0.4) is 0 Å². The lowest BCUT2D eigenvalue weighted by molar-refractivity contribution is -0.516. The van der Waals surface area contributed by atoms with E-state index in [0.717, 1.165) is 55.1 Å². The normalized spacial score (nSPS) is 11.2. The Morgan fingerprint density at radius 3 is 2.10 bits per heavy atom. The summed E-state index contributed by atoms with van der Waals surface area (Å²) in [7, 11) is 6.65. The Labute approximate surface area is 227 Å². The molecule has 6 aromatic rings. The summed E-state index contributed by atoms with van der Waals surface area (Å²) < 4.78 is 25.3. The molecule has 0 spiro atoms. The van der Waals surface area contributed by atoms with Crippen molar-refractivity contribution in [2.24, 2.45) is 0 Å². The van der Waals surface area contributed by atoms with Gasteiger partial charge in [0, 0.05) is 36.2 Å². The fourth-order valence-electron chi connectivity index (χ4n) is 5.42. The molecule has 0 atom stereocenters. The Hall–Kier alpha value is -4.84. The highest BCUT2D eigenvalue weighted by molar-refractivity contribution is 6.05. The van der Waals surface area contributed by atoms with Crippen LogP contribution in [0.1, 0.15) is 5.69 Å². The number of pyridine rings is 3. The molecule has 3 heterocycles. The quantitative estimate of drug-likeness (QED) is 0.138. The van der Waals surface area contributed by atoms with E-state index in [1.165, 1.54) is 0 Å². The van der Waals surface area contributed by atoms with Gasteiger partial charge in [0.05, 0.1) is 44.9 Å². The molecule has 0 saturated heterocycles. The van der Waals surface area contributed by atoms with E-state index < -0.39 is 0 Å². The van der Waals surface area contributed by atoms with Gasteiger partial charge in [-0.15, -0.1) is 0 Å². The van der Waals surface area contributed by atoms with Gasteiger partial charge in [0.25, 0.3) is 0 Å². The minimum absolute atomic E-state index is 0.649. The van der Waals surface area contributed by atoms with Crippen molar-refractivity contribution in [1.29, 1.82) is 0 Å². The van der Waals surface area contributed by atoms with E-state index in [4.69, 9.17) is 23.9 Å². The van der Waals surface area contributed by atoms with Crippen LogP contribution >= 0.6 is 0 Å². The zero-order valence-corrected chi connectivity index (χ0v) is 22.6. The van der Waals surface area contributed by atoms with Crippen molar-refractivity contribution in [3.05, 3.63) is 90.9 Å². The van der Waals surface area contributed by atoms with Gasteiger partial charge in [0.15, 0.2) is 34.9 Å². The van der Waals surface area contributed by atoms with Gasteiger partial charge in [0.2, 0.25) is 5.52 Å². The molecule has 6 rings (SSSR count). The van der Waals surface area contributed by atoms with Gasteiger partial charge < -0.3 is 18.9 Å². The van der Waals surface area contributed by atoms with Crippen molar-refractivity contribution in [2.45, 2.75) is 6.92 Å². The van der Waals surface area contributed by atoms with E-state index in [2.05, 4.69) is 53.9 Å². The minimum atomic E-state index is 0.649. The van der Waals surface area contributed by atoms with Crippen molar-refractivity contribution in [2.75, 3.05) is 28.4 Å². The maximum Gasteiger partial charge on any atom is 0.219 e. The van der Waals surface area contributed by atoms with E-state index in [0.29, 0.717) is 23.0 Å². The molecule has 0 saturated carbocycles. The van der Waals surface area contributed by atoms with Crippen LogP contribution in [0.5, 0.6) is 23.0 Å². The molecule has 0 amide bonds. The van der Waals surface area contributed by atoms with Crippen LogP contribution in [-0.4, -0.2) is 33.4 Å². The van der Waals surface area contributed by atoms with Crippen LogP contribution in [0.2, 0.25) is 0 Å². The highest BCUT2D eigenvalue weighted by Gasteiger charge is 2.24. The number of hydrogen-bond acceptors (Lipinski definition) is 5. The first-order valence-electron chi connectivity index (χ1n) is 12.7. The summed E-state index contributed by atoms with van der Waals surface area (Å²) in [6.07, 6.45) is 3.90. The summed E-state index contributed by atoms with van der Waals surface area (Å²) in [5.74, 6) is 2.71. The number of ether oxygens (including phenoxy) is 4. The van der Waals surface area contributed by atoms with E-state index in [-0.39, 0.29) is 0 Å². The summed E-state index contributed by atoms with van der Waals surface area (Å²) in [5.41, 5.74) is 5.99. The van der Waals surface area contributed by atoms with Crippen molar-refractivity contribution < 1.29 is 23.3 Å². The second-order valence-electron chi connectivity index (χ2n) is 9.34. The van der Waals surface area contributed by atoms with Gasteiger partial charge >= 0.3 is 0 Å². The highest BCUT2D eigenvalue weighted by atomic mass is 16.5. The first kappa shape index (κ1) is 24.5. The number of benzene rings is 3. The van der Waals surface area contributed by atoms with Gasteiger partial charge in [0.1, 0.15) is 0 Å². The number of aryl methyl sites for hydroxylation is 1. The second-order valence-corrected chi connectivity index (χ2v) is 9.34. The number of aromatic nitrogens is 2. The minimum Gasteiger partial charge on any atom is -0.493 e. The van der Waals surface area contributed by atoms with Crippen LogP contribution < -0.4 is 23.3 Å². The van der Waals surface area contributed by atoms with Crippen LogP contribution in [0.25, 0.3) is 49.4 Å². The lowest BCUT2D eigenvalue weighted by Crippen LogP contribution is -2.25. The van der Waals surface area contributed by atoms with Crippen molar-refractivity contribution >= 4 is 27.1 Å². The Balaban J connectivity index is 1.68. The van der Waals surface area contributed by atoms with Gasteiger partial charge in [-0.3, -0.25) is 4.98 Å². The first-order valence-corrected chi connectivity index (χ1v) is 12.7. The third kappa shape index (κ3) is 3.96. The Morgan fingerprint density at radius 2 is 1.38 bits per heavy atom. The third-order valence-electron chi connectivity index (χ3n) is 7.35. The van der Waals surface area contributed by atoms with Gasteiger partial charge in [-0.05, 0) is 46.8 Å². The average molecular weight is 518 g/mol. The van der Waals surface area contributed by atoms with Crippen LogP contribution in [0.4, 0.5) is 0 Å². The first-order chi connectivity index (χ1) is 19.1. The largest absolute Gasteiger partial charge is 0.493 e. The fraction of sp³-hybridized carbons (Fsp3) is 0.152. The van der Waals surface area contributed by atoms with Gasteiger partial charge in [-0.25, -0.2) is 0 Å². The standard InChI is InChI=1S/C33H29N2O4/c1-20-25-19-31(37-3)30(36-2)17-23(25)16-29-26-18-27(33(39-5)32(38-4)24(26)12-14-35(20)29)28-15-22(11-13-34-28)21-9-7-6-8-10-21/h6-19H,1-5H3/q+1. The molecule has 0 aliphatic heterocycles. The molecule has 3 aromatic carbocycles. The van der Waals surface area contributed by atoms with Crippen molar-refractivity contribution in [3.8, 4) is 45.4 Å². The molecule has 0 N–H and O–H groups in total. The smallest absolute Gasteiger partial charge is 0.219 e. The van der Waals surface area contributed by atoms with Crippen LogP contribution in [0, 0.1) is 6.92 Å². The van der Waals surface area contributed by atoms with Gasteiger partial charge in [-0.2, -0.15) is 4.40 Å². The Bertz CT molecular complexity index is 1870. The van der Waals surface area contributed by atoms with Gasteiger partial charge in [-0.1, -0.05) is 30.3 Å². The maximum atomic E-state index is 5.96. The molecule has 0 fully saturated rings. The monoisotopic (exact) mass is 517 g/mol. The number of methoxy groups -OCH3 is 4. The summed E-state index contributed by atoms with van der Waals surface area (Å²) in [6, 6.07) is 24.8. The van der Waals surface area contributed by atoms with E-state index in [1.54, 1.807) is 28.4 Å². The predicted molar refractivity (Wildman–Crippen MR) is 154 cm³/mol. The van der Waals surface area contributed by atoms with Crippen LogP contribution in [0.15, 0.2) is 85.2 Å². The molecule has 39 heavy (non-hydrogen) atoms. The second kappa shape index (κ2) is 9.80.